The molecule has 1 fully saturated rings. The third-order valence-corrected chi connectivity index (χ3v) is 3.88. The monoisotopic (exact) mass is 251 g/mol. The van der Waals surface area contributed by atoms with Gasteiger partial charge in [0.05, 0.1) is 5.56 Å². The summed E-state index contributed by atoms with van der Waals surface area (Å²) in [7, 11) is 0. The molecule has 1 aliphatic rings. The number of benzene rings is 1. The first-order valence-electron chi connectivity index (χ1n) is 5.88. The van der Waals surface area contributed by atoms with E-state index in [4.69, 9.17) is 5.11 Å². The molecule has 2 rings (SSSR count). The molecular formula is C13H17NO2S. The maximum atomic E-state index is 12.2. The van der Waals surface area contributed by atoms with E-state index in [1.807, 2.05) is 24.3 Å². The minimum absolute atomic E-state index is 0.0891. The van der Waals surface area contributed by atoms with Crippen LogP contribution in [0.5, 0.6) is 0 Å². The van der Waals surface area contributed by atoms with E-state index >= 15 is 0 Å². The van der Waals surface area contributed by atoms with Gasteiger partial charge < -0.3 is 10.0 Å². The average Bonchev–Trinajstić information content (AvgIpc) is 2.28. The van der Waals surface area contributed by atoms with Gasteiger partial charge in [-0.2, -0.15) is 0 Å². The summed E-state index contributed by atoms with van der Waals surface area (Å²) in [5, 5.41) is 8.95. The van der Waals surface area contributed by atoms with Crippen LogP contribution in [0.4, 0.5) is 0 Å². The molecular weight excluding hydrogens is 234 g/mol. The second kappa shape index (κ2) is 5.56. The topological polar surface area (TPSA) is 40.5 Å². The molecule has 1 aromatic carbocycles. The van der Waals surface area contributed by atoms with Gasteiger partial charge >= 0.3 is 0 Å². The van der Waals surface area contributed by atoms with Crippen molar-refractivity contribution < 1.29 is 9.90 Å². The van der Waals surface area contributed by atoms with Crippen LogP contribution < -0.4 is 0 Å². The molecule has 0 unspecified atom stereocenters. The molecule has 17 heavy (non-hydrogen) atoms. The first kappa shape index (κ1) is 12.5. The second-order valence-corrected chi connectivity index (χ2v) is 5.49. The van der Waals surface area contributed by atoms with Crippen LogP contribution in [0.15, 0.2) is 29.2 Å². The lowest BCUT2D eigenvalue weighted by molar-refractivity contribution is 0.0359. The van der Waals surface area contributed by atoms with Crippen molar-refractivity contribution in [3.63, 3.8) is 0 Å². The number of thioether (sulfide) groups is 1. The molecule has 0 aromatic heterocycles. The Morgan fingerprint density at radius 3 is 2.82 bits per heavy atom. The Bertz CT molecular complexity index is 402. The summed E-state index contributed by atoms with van der Waals surface area (Å²) in [6.45, 7) is 3.62. The molecule has 1 N–H and O–H groups in total. The molecule has 0 bridgehead atoms. The maximum Gasteiger partial charge on any atom is 0.255 e. The van der Waals surface area contributed by atoms with Crippen LogP contribution in [0.1, 0.15) is 17.3 Å². The highest BCUT2D eigenvalue weighted by Gasteiger charge is 2.31. The predicted molar refractivity (Wildman–Crippen MR) is 69.3 cm³/mol. The summed E-state index contributed by atoms with van der Waals surface area (Å²) < 4.78 is 0. The highest BCUT2D eigenvalue weighted by molar-refractivity contribution is 7.99. The van der Waals surface area contributed by atoms with Gasteiger partial charge in [-0.25, -0.2) is 0 Å². The highest BCUT2D eigenvalue weighted by atomic mass is 32.2. The molecule has 1 aliphatic heterocycles. The first-order chi connectivity index (χ1) is 8.26. The van der Waals surface area contributed by atoms with Gasteiger partial charge in [-0.05, 0) is 17.9 Å². The van der Waals surface area contributed by atoms with E-state index in [0.29, 0.717) is 13.1 Å². The molecule has 0 radical (unpaired) electrons. The van der Waals surface area contributed by atoms with Crippen molar-refractivity contribution in [1.29, 1.82) is 0 Å². The van der Waals surface area contributed by atoms with E-state index in [1.165, 1.54) is 0 Å². The van der Waals surface area contributed by atoms with E-state index in [2.05, 4.69) is 6.92 Å². The first-order valence-corrected chi connectivity index (χ1v) is 6.86. The largest absolute Gasteiger partial charge is 0.396 e. The quantitative estimate of drug-likeness (QED) is 0.830. The zero-order chi connectivity index (χ0) is 12.3. The number of aliphatic hydroxyl groups excluding tert-OH is 1. The molecule has 0 atom stereocenters. The van der Waals surface area contributed by atoms with E-state index in [0.717, 1.165) is 16.2 Å². The van der Waals surface area contributed by atoms with Crippen molar-refractivity contribution in [2.45, 2.75) is 11.8 Å². The third-order valence-electron chi connectivity index (χ3n) is 2.92. The molecule has 1 amide bonds. The molecule has 0 spiro atoms. The summed E-state index contributed by atoms with van der Waals surface area (Å²) in [4.78, 5) is 15.1. The Balaban J connectivity index is 2.09. The second-order valence-electron chi connectivity index (χ2n) is 4.19. The van der Waals surface area contributed by atoms with Gasteiger partial charge in [-0.1, -0.05) is 19.1 Å². The van der Waals surface area contributed by atoms with E-state index < -0.39 is 0 Å². The number of amides is 1. The van der Waals surface area contributed by atoms with Gasteiger partial charge in [0.15, 0.2) is 0 Å². The Kier molecular flexibility index (Phi) is 4.07. The number of rotatable bonds is 4. The fourth-order valence-electron chi connectivity index (χ4n) is 1.95. The number of hydrogen-bond donors (Lipinski definition) is 1. The number of carbonyl (C=O) groups excluding carboxylic acids is 1. The van der Waals surface area contributed by atoms with E-state index in [9.17, 15) is 4.79 Å². The fourth-order valence-corrected chi connectivity index (χ4v) is 2.74. The number of carbonyl (C=O) groups is 1. The van der Waals surface area contributed by atoms with Crippen LogP contribution in [-0.2, 0) is 0 Å². The van der Waals surface area contributed by atoms with Crippen molar-refractivity contribution in [1.82, 2.24) is 4.90 Å². The van der Waals surface area contributed by atoms with Crippen LogP contribution in [0.25, 0.3) is 0 Å². The number of hydrogen-bond acceptors (Lipinski definition) is 3. The van der Waals surface area contributed by atoms with Crippen molar-refractivity contribution in [2.24, 2.45) is 5.92 Å². The molecule has 1 heterocycles. The summed E-state index contributed by atoms with van der Waals surface area (Å²) in [6, 6.07) is 7.73. The lowest BCUT2D eigenvalue weighted by Crippen LogP contribution is -2.51. The fraction of sp³-hybridized carbons (Fsp3) is 0.462. The van der Waals surface area contributed by atoms with E-state index in [-0.39, 0.29) is 18.4 Å². The van der Waals surface area contributed by atoms with E-state index in [1.54, 1.807) is 16.7 Å². The lowest BCUT2D eigenvalue weighted by atomic mass is 10.00. The summed E-state index contributed by atoms with van der Waals surface area (Å²) in [6.07, 6.45) is 0. The molecule has 1 aromatic rings. The van der Waals surface area contributed by atoms with Gasteiger partial charge in [0.2, 0.25) is 0 Å². The number of nitrogens with zero attached hydrogens (tertiary/aromatic N) is 1. The minimum Gasteiger partial charge on any atom is -0.396 e. The van der Waals surface area contributed by atoms with Crippen molar-refractivity contribution in [3.8, 4) is 0 Å². The Morgan fingerprint density at radius 1 is 1.47 bits per heavy atom. The van der Waals surface area contributed by atoms with Gasteiger partial charge in [0.1, 0.15) is 0 Å². The van der Waals surface area contributed by atoms with Crippen LogP contribution in [-0.4, -0.2) is 41.4 Å². The Labute approximate surface area is 106 Å². The molecule has 92 valence electrons. The van der Waals surface area contributed by atoms with Crippen molar-refractivity contribution >= 4 is 17.7 Å². The minimum atomic E-state index is 0.0891. The van der Waals surface area contributed by atoms with Crippen LogP contribution in [0, 0.1) is 5.92 Å². The Hall–Kier alpha value is -1.00. The van der Waals surface area contributed by atoms with Gasteiger partial charge in [0.25, 0.3) is 5.91 Å². The lowest BCUT2D eigenvalue weighted by Gasteiger charge is -2.38. The molecule has 3 nitrogen and oxygen atoms in total. The van der Waals surface area contributed by atoms with Crippen LogP contribution in [0.2, 0.25) is 0 Å². The third kappa shape index (κ3) is 2.64. The van der Waals surface area contributed by atoms with Gasteiger partial charge in [-0.3, -0.25) is 4.79 Å². The normalized spacial score (nSPS) is 15.8. The number of likely N-dealkylation sites (tertiary alicyclic amines) is 1. The summed E-state index contributed by atoms with van der Waals surface area (Å²) in [5.74, 6) is 1.32. The van der Waals surface area contributed by atoms with Gasteiger partial charge in [0, 0.05) is 30.5 Å². The molecule has 0 aliphatic carbocycles. The standard InChI is InChI=1S/C13H17NO2S/c1-2-17-12-6-4-3-5-11(12)13(16)14-7-10(8-14)9-15/h3-6,10,15H,2,7-9H2,1H3. The molecule has 4 heteroatoms. The zero-order valence-electron chi connectivity index (χ0n) is 9.93. The molecule has 1 saturated heterocycles. The summed E-state index contributed by atoms with van der Waals surface area (Å²) in [5.41, 5.74) is 0.788. The van der Waals surface area contributed by atoms with Crippen LogP contribution in [0.3, 0.4) is 0 Å². The summed E-state index contributed by atoms with van der Waals surface area (Å²) >= 11 is 1.69. The van der Waals surface area contributed by atoms with Gasteiger partial charge in [-0.15, -0.1) is 11.8 Å². The zero-order valence-corrected chi connectivity index (χ0v) is 10.7. The SMILES string of the molecule is CCSc1ccccc1C(=O)N1CC(CO)C1. The van der Waals surface area contributed by atoms with Crippen molar-refractivity contribution in [3.05, 3.63) is 29.8 Å². The number of aliphatic hydroxyl groups is 1. The average molecular weight is 251 g/mol. The molecule has 0 saturated carbocycles. The maximum absolute atomic E-state index is 12.2. The smallest absolute Gasteiger partial charge is 0.255 e. The highest BCUT2D eigenvalue weighted by Crippen LogP contribution is 2.26. The van der Waals surface area contributed by atoms with Crippen molar-refractivity contribution in [2.75, 3.05) is 25.4 Å². The Morgan fingerprint density at radius 2 is 2.18 bits per heavy atom. The predicted octanol–water partition coefficient (Wildman–Crippen LogP) is 1.86. The van der Waals surface area contributed by atoms with Crippen LogP contribution >= 0.6 is 11.8 Å².